The largest absolute Gasteiger partial charge is 0.465 e. The van der Waals surface area contributed by atoms with Crippen LogP contribution in [0.25, 0.3) is 0 Å². The molecule has 2 unspecified atom stereocenters. The summed E-state index contributed by atoms with van der Waals surface area (Å²) in [6.45, 7) is 1.84. The van der Waals surface area contributed by atoms with E-state index < -0.39 is 5.97 Å². The van der Waals surface area contributed by atoms with Crippen molar-refractivity contribution in [2.75, 3.05) is 12.0 Å². The van der Waals surface area contributed by atoms with Crippen LogP contribution in [0.2, 0.25) is 0 Å². The number of hydrogen-bond donors (Lipinski definition) is 0. The third kappa shape index (κ3) is 3.89. The summed E-state index contributed by atoms with van der Waals surface area (Å²) in [4.78, 5) is 30.6. The van der Waals surface area contributed by atoms with Gasteiger partial charge in [0.05, 0.1) is 24.3 Å². The molecule has 1 aliphatic carbocycles. The predicted octanol–water partition coefficient (Wildman–Crippen LogP) is 3.82. The Morgan fingerprint density at radius 3 is 2.54 bits per heavy atom. The first-order valence-corrected chi connectivity index (χ1v) is 9.45. The SMILES string of the molecule is CCC(=O)N(c1ccc(C(=O)OC)cn1)C1CCCC1c1ccc(C#N)cc1. The summed E-state index contributed by atoms with van der Waals surface area (Å²) in [6, 6.07) is 13.1. The Hall–Kier alpha value is -3.20. The minimum atomic E-state index is -0.455. The number of aromatic nitrogens is 1. The van der Waals surface area contributed by atoms with E-state index in [1.807, 2.05) is 31.2 Å². The minimum Gasteiger partial charge on any atom is -0.465 e. The van der Waals surface area contributed by atoms with Crippen molar-refractivity contribution in [3.8, 4) is 6.07 Å². The number of methoxy groups -OCH3 is 1. The number of pyridine rings is 1. The molecule has 1 fully saturated rings. The molecule has 6 heteroatoms. The number of carbonyl (C=O) groups is 2. The quantitative estimate of drug-likeness (QED) is 0.740. The van der Waals surface area contributed by atoms with Gasteiger partial charge in [0.1, 0.15) is 5.82 Å². The van der Waals surface area contributed by atoms with Gasteiger partial charge in [-0.25, -0.2) is 9.78 Å². The molecule has 1 saturated carbocycles. The van der Waals surface area contributed by atoms with E-state index in [1.165, 1.54) is 13.3 Å². The normalized spacial score (nSPS) is 18.3. The second kappa shape index (κ2) is 8.66. The molecular formula is C22H23N3O3. The molecule has 1 aromatic carbocycles. The Kier molecular flexibility index (Phi) is 6.05. The van der Waals surface area contributed by atoms with Crippen molar-refractivity contribution in [1.82, 2.24) is 4.98 Å². The molecule has 0 bridgehead atoms. The second-order valence-corrected chi connectivity index (χ2v) is 6.85. The molecule has 2 atom stereocenters. The van der Waals surface area contributed by atoms with E-state index in [0.717, 1.165) is 24.8 Å². The number of amides is 1. The average Bonchev–Trinajstić information content (AvgIpc) is 3.23. The van der Waals surface area contributed by atoms with Crippen molar-refractivity contribution in [2.24, 2.45) is 0 Å². The van der Waals surface area contributed by atoms with Crippen molar-refractivity contribution < 1.29 is 14.3 Å². The molecule has 6 nitrogen and oxygen atoms in total. The standard InChI is InChI=1S/C22H23N3O3/c1-3-21(26)25(20-12-11-17(14-24-20)22(27)28-2)19-6-4-5-18(19)16-9-7-15(13-23)8-10-16/h7-12,14,18-19H,3-6H2,1-2H3. The molecule has 0 saturated heterocycles. The monoisotopic (exact) mass is 377 g/mol. The second-order valence-electron chi connectivity index (χ2n) is 6.85. The number of anilines is 1. The van der Waals surface area contributed by atoms with E-state index in [-0.39, 0.29) is 17.9 Å². The van der Waals surface area contributed by atoms with Crippen LogP contribution in [0.5, 0.6) is 0 Å². The fourth-order valence-electron chi connectivity index (χ4n) is 3.86. The van der Waals surface area contributed by atoms with Crippen LogP contribution < -0.4 is 4.90 Å². The molecule has 1 heterocycles. The number of nitrogens with zero attached hydrogens (tertiary/aromatic N) is 3. The number of nitriles is 1. The maximum absolute atomic E-state index is 12.8. The van der Waals surface area contributed by atoms with Crippen molar-refractivity contribution in [1.29, 1.82) is 5.26 Å². The molecule has 2 aromatic rings. The van der Waals surface area contributed by atoms with E-state index in [0.29, 0.717) is 23.4 Å². The number of hydrogen-bond acceptors (Lipinski definition) is 5. The Morgan fingerprint density at radius 2 is 1.96 bits per heavy atom. The lowest BCUT2D eigenvalue weighted by molar-refractivity contribution is -0.118. The van der Waals surface area contributed by atoms with Crippen LogP contribution in [-0.4, -0.2) is 30.0 Å². The molecule has 28 heavy (non-hydrogen) atoms. The topological polar surface area (TPSA) is 83.3 Å². The first-order valence-electron chi connectivity index (χ1n) is 9.45. The molecule has 0 N–H and O–H groups in total. The third-order valence-corrected chi connectivity index (χ3v) is 5.27. The van der Waals surface area contributed by atoms with Crippen molar-refractivity contribution >= 4 is 17.7 Å². The van der Waals surface area contributed by atoms with Gasteiger partial charge in [0, 0.05) is 24.6 Å². The summed E-state index contributed by atoms with van der Waals surface area (Å²) in [5.41, 5.74) is 2.10. The number of esters is 1. The molecule has 144 valence electrons. The molecule has 0 radical (unpaired) electrons. The van der Waals surface area contributed by atoms with Crippen molar-refractivity contribution in [2.45, 2.75) is 44.6 Å². The maximum Gasteiger partial charge on any atom is 0.339 e. The van der Waals surface area contributed by atoms with Crippen LogP contribution >= 0.6 is 0 Å². The number of ether oxygens (including phenoxy) is 1. The van der Waals surface area contributed by atoms with Gasteiger partial charge < -0.3 is 4.74 Å². The summed E-state index contributed by atoms with van der Waals surface area (Å²) in [5, 5.41) is 9.02. The van der Waals surface area contributed by atoms with Gasteiger partial charge in [0.2, 0.25) is 5.91 Å². The van der Waals surface area contributed by atoms with Crippen LogP contribution in [0.4, 0.5) is 5.82 Å². The number of benzene rings is 1. The van der Waals surface area contributed by atoms with E-state index >= 15 is 0 Å². The lowest BCUT2D eigenvalue weighted by Gasteiger charge is -2.32. The van der Waals surface area contributed by atoms with E-state index in [2.05, 4.69) is 11.1 Å². The first-order chi connectivity index (χ1) is 13.6. The fraction of sp³-hybridized carbons (Fsp3) is 0.364. The summed E-state index contributed by atoms with van der Waals surface area (Å²) in [6.07, 6.45) is 4.70. The van der Waals surface area contributed by atoms with Gasteiger partial charge in [-0.1, -0.05) is 25.5 Å². The highest BCUT2D eigenvalue weighted by Gasteiger charge is 2.36. The zero-order valence-electron chi connectivity index (χ0n) is 16.1. The zero-order chi connectivity index (χ0) is 20.1. The summed E-state index contributed by atoms with van der Waals surface area (Å²) < 4.78 is 4.72. The highest BCUT2D eigenvalue weighted by molar-refractivity contribution is 5.94. The van der Waals surface area contributed by atoms with Crippen LogP contribution in [0.1, 0.15) is 60.0 Å². The maximum atomic E-state index is 12.8. The predicted molar refractivity (Wildman–Crippen MR) is 105 cm³/mol. The van der Waals surface area contributed by atoms with E-state index in [4.69, 9.17) is 10.00 Å². The van der Waals surface area contributed by atoms with E-state index in [1.54, 1.807) is 17.0 Å². The van der Waals surface area contributed by atoms with Gasteiger partial charge in [-0.05, 0) is 42.7 Å². The van der Waals surface area contributed by atoms with Crippen LogP contribution in [0.15, 0.2) is 42.6 Å². The molecular weight excluding hydrogens is 354 g/mol. The molecule has 1 aromatic heterocycles. The van der Waals surface area contributed by atoms with Gasteiger partial charge in [-0.2, -0.15) is 5.26 Å². The molecule has 3 rings (SSSR count). The highest BCUT2D eigenvalue weighted by Crippen LogP contribution is 2.39. The van der Waals surface area contributed by atoms with E-state index in [9.17, 15) is 9.59 Å². The third-order valence-electron chi connectivity index (χ3n) is 5.27. The Bertz CT molecular complexity index is 885. The number of rotatable bonds is 5. The Balaban J connectivity index is 1.93. The fourth-order valence-corrected chi connectivity index (χ4v) is 3.86. The molecule has 0 aliphatic heterocycles. The number of carbonyl (C=O) groups excluding carboxylic acids is 2. The first kappa shape index (κ1) is 19.6. The van der Waals surface area contributed by atoms with Crippen LogP contribution in [0.3, 0.4) is 0 Å². The van der Waals surface area contributed by atoms with Crippen LogP contribution in [0, 0.1) is 11.3 Å². The smallest absolute Gasteiger partial charge is 0.339 e. The molecule has 1 amide bonds. The van der Waals surface area contributed by atoms with Crippen LogP contribution in [-0.2, 0) is 9.53 Å². The van der Waals surface area contributed by atoms with Gasteiger partial charge in [0.15, 0.2) is 0 Å². The van der Waals surface area contributed by atoms with Gasteiger partial charge in [-0.15, -0.1) is 0 Å². The lowest BCUT2D eigenvalue weighted by Crippen LogP contribution is -2.42. The summed E-state index contributed by atoms with van der Waals surface area (Å²) >= 11 is 0. The minimum absolute atomic E-state index is 0.00291. The highest BCUT2D eigenvalue weighted by atomic mass is 16.5. The summed E-state index contributed by atoms with van der Waals surface area (Å²) in [7, 11) is 1.32. The molecule has 0 spiro atoms. The Labute approximate surface area is 164 Å². The molecule has 1 aliphatic rings. The average molecular weight is 377 g/mol. The van der Waals surface area contributed by atoms with Crippen molar-refractivity contribution in [3.63, 3.8) is 0 Å². The lowest BCUT2D eigenvalue weighted by atomic mass is 9.92. The van der Waals surface area contributed by atoms with Crippen molar-refractivity contribution in [3.05, 3.63) is 59.3 Å². The van der Waals surface area contributed by atoms with Gasteiger partial charge in [-0.3, -0.25) is 9.69 Å². The van der Waals surface area contributed by atoms with Gasteiger partial charge >= 0.3 is 5.97 Å². The van der Waals surface area contributed by atoms with Gasteiger partial charge in [0.25, 0.3) is 0 Å². The Morgan fingerprint density at radius 1 is 1.21 bits per heavy atom. The zero-order valence-corrected chi connectivity index (χ0v) is 16.1. The summed E-state index contributed by atoms with van der Waals surface area (Å²) in [5.74, 6) is 0.281.